The van der Waals surface area contributed by atoms with Crippen LogP contribution in [0.5, 0.6) is 0 Å². The van der Waals surface area contributed by atoms with Crippen molar-refractivity contribution in [1.29, 1.82) is 5.26 Å². The number of thioether (sulfide) groups is 1. The Labute approximate surface area is 144 Å². The molecule has 0 spiro atoms. The molecule has 1 fully saturated rings. The van der Waals surface area contributed by atoms with E-state index >= 15 is 0 Å². The van der Waals surface area contributed by atoms with E-state index in [4.69, 9.17) is 10.2 Å². The molecule has 1 amide bonds. The number of nitrogens with one attached hydrogen (secondary N) is 1. The van der Waals surface area contributed by atoms with Crippen LogP contribution >= 0.6 is 11.8 Å². The number of fused-ring (bicyclic) bond motifs is 1. The summed E-state index contributed by atoms with van der Waals surface area (Å²) in [5.41, 5.74) is 1.84. The molecule has 9 heteroatoms. The van der Waals surface area contributed by atoms with Crippen molar-refractivity contribution in [2.45, 2.75) is 30.6 Å². The average molecular weight is 348 g/mol. The van der Waals surface area contributed by atoms with Crippen molar-refractivity contribution in [3.8, 4) is 6.07 Å². The second kappa shape index (κ2) is 7.23. The molecule has 8 nitrogen and oxygen atoms in total. The van der Waals surface area contributed by atoms with Crippen LogP contribution < -0.4 is 10.2 Å². The molecule has 3 heterocycles. The van der Waals surface area contributed by atoms with Gasteiger partial charge in [-0.1, -0.05) is 11.8 Å². The van der Waals surface area contributed by atoms with Crippen molar-refractivity contribution in [2.24, 2.45) is 0 Å². The molecule has 2 aliphatic rings. The van der Waals surface area contributed by atoms with Gasteiger partial charge in [0.2, 0.25) is 0 Å². The molecule has 1 aromatic rings. The Morgan fingerprint density at radius 3 is 3.04 bits per heavy atom. The first-order valence-electron chi connectivity index (χ1n) is 7.89. The molecule has 0 radical (unpaired) electrons. The summed E-state index contributed by atoms with van der Waals surface area (Å²) in [4.78, 5) is 24.1. The molecule has 24 heavy (non-hydrogen) atoms. The number of carboxylic acid groups (broad SMARTS) is 1. The Hall–Kier alpha value is -2.05. The summed E-state index contributed by atoms with van der Waals surface area (Å²) in [5.74, 6) is 0.902. The van der Waals surface area contributed by atoms with Crippen LogP contribution in [0.25, 0.3) is 0 Å². The number of anilines is 1. The zero-order valence-electron chi connectivity index (χ0n) is 13.5. The first-order chi connectivity index (χ1) is 11.6. The minimum absolute atomic E-state index is 0.131. The fourth-order valence-corrected chi connectivity index (χ4v) is 3.55. The van der Waals surface area contributed by atoms with Gasteiger partial charge in [-0.25, -0.2) is 14.8 Å². The van der Waals surface area contributed by atoms with Crippen LogP contribution in [0.3, 0.4) is 0 Å². The van der Waals surface area contributed by atoms with E-state index in [9.17, 15) is 9.90 Å². The number of nitriles is 1. The van der Waals surface area contributed by atoms with E-state index in [-0.39, 0.29) is 6.04 Å². The van der Waals surface area contributed by atoms with Gasteiger partial charge in [0, 0.05) is 37.8 Å². The first kappa shape index (κ1) is 16.8. The second-order valence-electron chi connectivity index (χ2n) is 5.87. The summed E-state index contributed by atoms with van der Waals surface area (Å²) >= 11 is 1.46. The van der Waals surface area contributed by atoms with Crippen molar-refractivity contribution in [2.75, 3.05) is 37.3 Å². The van der Waals surface area contributed by atoms with Crippen molar-refractivity contribution in [3.63, 3.8) is 0 Å². The molecule has 0 bridgehead atoms. The summed E-state index contributed by atoms with van der Waals surface area (Å²) < 4.78 is 0. The van der Waals surface area contributed by atoms with E-state index < -0.39 is 6.09 Å². The molecule has 1 unspecified atom stereocenters. The van der Waals surface area contributed by atoms with E-state index in [0.29, 0.717) is 31.1 Å². The van der Waals surface area contributed by atoms with Gasteiger partial charge in [-0.2, -0.15) is 5.26 Å². The maximum absolute atomic E-state index is 11.2. The first-order valence-corrected chi connectivity index (χ1v) is 9.11. The largest absolute Gasteiger partial charge is 0.465 e. The van der Waals surface area contributed by atoms with E-state index in [1.165, 1.54) is 16.7 Å². The Balaban J connectivity index is 1.92. The number of piperazine rings is 1. The quantitative estimate of drug-likeness (QED) is 0.614. The number of nitrogens with zero attached hydrogens (tertiary/aromatic N) is 5. The van der Waals surface area contributed by atoms with Crippen LogP contribution in [-0.4, -0.2) is 64.5 Å². The van der Waals surface area contributed by atoms with Gasteiger partial charge in [-0.3, -0.25) is 0 Å². The monoisotopic (exact) mass is 348 g/mol. The molecule has 1 aromatic heterocycles. The number of rotatable bonds is 3. The highest BCUT2D eigenvalue weighted by Gasteiger charge is 2.29. The highest BCUT2D eigenvalue weighted by molar-refractivity contribution is 7.98. The lowest BCUT2D eigenvalue weighted by molar-refractivity contribution is 0.139. The molecule has 0 aromatic carbocycles. The number of amides is 1. The molecule has 0 saturated carbocycles. The van der Waals surface area contributed by atoms with Crippen molar-refractivity contribution in [1.82, 2.24) is 20.2 Å². The Kier molecular flexibility index (Phi) is 5.06. The molecule has 2 aliphatic heterocycles. The minimum atomic E-state index is -0.914. The molecule has 1 saturated heterocycles. The summed E-state index contributed by atoms with van der Waals surface area (Å²) in [6, 6.07) is 2.35. The van der Waals surface area contributed by atoms with Crippen molar-refractivity contribution in [3.05, 3.63) is 11.3 Å². The lowest BCUT2D eigenvalue weighted by Gasteiger charge is -2.36. The van der Waals surface area contributed by atoms with Gasteiger partial charge < -0.3 is 20.2 Å². The second-order valence-corrected chi connectivity index (χ2v) is 6.65. The number of carbonyl (C=O) groups is 1. The zero-order valence-corrected chi connectivity index (χ0v) is 14.3. The Bertz CT molecular complexity index is 677. The SMILES string of the molecule is CSc1nc2c(c(N3CCNC(CC#N)C3)n1)CCN(C(=O)O)C2. The predicted molar refractivity (Wildman–Crippen MR) is 90.2 cm³/mol. The average Bonchev–Trinajstić information content (AvgIpc) is 2.60. The van der Waals surface area contributed by atoms with Crippen LogP contribution in [0.1, 0.15) is 17.7 Å². The van der Waals surface area contributed by atoms with Gasteiger partial charge in [0.05, 0.1) is 24.7 Å². The summed E-state index contributed by atoms with van der Waals surface area (Å²) in [5, 5.41) is 22.2. The van der Waals surface area contributed by atoms with Crippen LogP contribution in [0.2, 0.25) is 0 Å². The lowest BCUT2D eigenvalue weighted by Crippen LogP contribution is -2.51. The highest BCUT2D eigenvalue weighted by Crippen LogP contribution is 2.29. The fraction of sp³-hybridized carbons (Fsp3) is 0.600. The molecule has 1 atom stereocenters. The van der Waals surface area contributed by atoms with E-state index in [2.05, 4.69) is 21.3 Å². The van der Waals surface area contributed by atoms with Gasteiger partial charge in [0.15, 0.2) is 5.16 Å². The standard InChI is InChI=1S/C15H20N6O2S/c1-24-14-18-12-9-21(15(22)23)6-3-11(12)13(19-14)20-7-5-17-10(8-20)2-4-16/h10,17H,2-3,5-9H2,1H3,(H,22,23). The third kappa shape index (κ3) is 3.39. The lowest BCUT2D eigenvalue weighted by atomic mass is 10.0. The summed E-state index contributed by atoms with van der Waals surface area (Å²) in [6.45, 7) is 3.13. The molecule has 3 rings (SSSR count). The summed E-state index contributed by atoms with van der Waals surface area (Å²) in [6.07, 6.45) is 2.09. The maximum atomic E-state index is 11.2. The summed E-state index contributed by atoms with van der Waals surface area (Å²) in [7, 11) is 0. The number of aromatic nitrogens is 2. The highest BCUT2D eigenvalue weighted by atomic mass is 32.2. The van der Waals surface area contributed by atoms with Gasteiger partial charge in [-0.15, -0.1) is 0 Å². The number of hydrogen-bond acceptors (Lipinski definition) is 7. The topological polar surface area (TPSA) is 105 Å². The van der Waals surface area contributed by atoms with Gasteiger partial charge in [0.25, 0.3) is 0 Å². The predicted octanol–water partition coefficient (Wildman–Crippen LogP) is 0.926. The van der Waals surface area contributed by atoms with E-state index in [0.717, 1.165) is 36.7 Å². The van der Waals surface area contributed by atoms with Crippen LogP contribution in [0, 0.1) is 11.3 Å². The van der Waals surface area contributed by atoms with Crippen LogP contribution in [-0.2, 0) is 13.0 Å². The Morgan fingerprint density at radius 2 is 2.33 bits per heavy atom. The smallest absolute Gasteiger partial charge is 0.407 e. The third-order valence-corrected chi connectivity index (χ3v) is 4.92. The van der Waals surface area contributed by atoms with Gasteiger partial charge in [-0.05, 0) is 12.7 Å². The molecule has 0 aliphatic carbocycles. The molecular weight excluding hydrogens is 328 g/mol. The van der Waals surface area contributed by atoms with Crippen molar-refractivity contribution >= 4 is 23.7 Å². The fourth-order valence-electron chi connectivity index (χ4n) is 3.17. The van der Waals surface area contributed by atoms with Gasteiger partial charge >= 0.3 is 6.09 Å². The third-order valence-electron chi connectivity index (χ3n) is 4.37. The van der Waals surface area contributed by atoms with E-state index in [1.54, 1.807) is 0 Å². The van der Waals surface area contributed by atoms with Gasteiger partial charge in [0.1, 0.15) is 5.82 Å². The van der Waals surface area contributed by atoms with Crippen LogP contribution in [0.4, 0.5) is 10.6 Å². The number of hydrogen-bond donors (Lipinski definition) is 2. The van der Waals surface area contributed by atoms with Crippen molar-refractivity contribution < 1.29 is 9.90 Å². The zero-order chi connectivity index (χ0) is 17.1. The molecule has 128 valence electrons. The normalized spacial score (nSPS) is 20.4. The molecule has 2 N–H and O–H groups in total. The van der Waals surface area contributed by atoms with Crippen LogP contribution in [0.15, 0.2) is 5.16 Å². The van der Waals surface area contributed by atoms with E-state index in [1.807, 2.05) is 6.26 Å². The Morgan fingerprint density at radius 1 is 1.50 bits per heavy atom. The maximum Gasteiger partial charge on any atom is 0.407 e. The molecular formula is C15H20N6O2S. The minimum Gasteiger partial charge on any atom is -0.465 e.